The number of imide groups is 1. The first kappa shape index (κ1) is 22.3. The van der Waals surface area contributed by atoms with E-state index in [0.29, 0.717) is 34.6 Å². The number of anilines is 1. The Morgan fingerprint density at radius 3 is 1.86 bits per heavy atom. The molecule has 0 spiro atoms. The zero-order valence-corrected chi connectivity index (χ0v) is 19.2. The van der Waals surface area contributed by atoms with Crippen molar-refractivity contribution in [3.05, 3.63) is 101 Å². The second-order valence-electron chi connectivity index (χ2n) is 8.14. The van der Waals surface area contributed by atoms with Crippen LogP contribution in [0.5, 0.6) is 11.5 Å². The van der Waals surface area contributed by atoms with Crippen LogP contribution in [-0.4, -0.2) is 24.7 Å². The maximum absolute atomic E-state index is 13.8. The average molecular weight is 466 g/mol. The van der Waals surface area contributed by atoms with Crippen molar-refractivity contribution in [3.63, 3.8) is 0 Å². The second-order valence-corrected chi connectivity index (χ2v) is 8.14. The Labute approximate surface area is 202 Å². The molecule has 1 aliphatic rings. The van der Waals surface area contributed by atoms with E-state index in [4.69, 9.17) is 9.47 Å². The largest absolute Gasteiger partial charge is 0.492 e. The summed E-state index contributed by atoms with van der Waals surface area (Å²) < 4.78 is 12.2. The zero-order chi connectivity index (χ0) is 24.4. The first-order valence-electron chi connectivity index (χ1n) is 11.4. The van der Waals surface area contributed by atoms with Crippen molar-refractivity contribution in [2.45, 2.75) is 20.0 Å². The summed E-state index contributed by atoms with van der Waals surface area (Å²) in [5.74, 6) is -0.195. The smallest absolute Gasteiger partial charge is 0.270 e. The molecule has 2 amide bonds. The molecular formula is C29H23NO5. The van der Waals surface area contributed by atoms with Gasteiger partial charge in [-0.25, -0.2) is 4.90 Å². The van der Waals surface area contributed by atoms with E-state index in [1.165, 1.54) is 0 Å². The molecule has 0 fully saturated rings. The minimum atomic E-state index is -0.470. The van der Waals surface area contributed by atoms with Gasteiger partial charge in [0.2, 0.25) is 0 Å². The van der Waals surface area contributed by atoms with Crippen LogP contribution in [0, 0.1) is 0 Å². The van der Waals surface area contributed by atoms with Gasteiger partial charge in [0.25, 0.3) is 11.8 Å². The predicted octanol–water partition coefficient (Wildman–Crippen LogP) is 5.36. The van der Waals surface area contributed by atoms with Crippen molar-refractivity contribution in [2.24, 2.45) is 0 Å². The molecule has 0 N–H and O–H groups in total. The Balaban J connectivity index is 1.67. The van der Waals surface area contributed by atoms with Gasteiger partial charge in [0.1, 0.15) is 24.4 Å². The maximum Gasteiger partial charge on any atom is 0.270 e. The molecule has 0 aliphatic carbocycles. The van der Waals surface area contributed by atoms with E-state index in [9.17, 15) is 14.4 Å². The number of benzene rings is 4. The van der Waals surface area contributed by atoms with E-state index in [-0.39, 0.29) is 24.2 Å². The first-order chi connectivity index (χ1) is 17.1. The van der Waals surface area contributed by atoms with E-state index in [1.54, 1.807) is 24.3 Å². The number of hydrogen-bond donors (Lipinski definition) is 0. The van der Waals surface area contributed by atoms with E-state index < -0.39 is 11.8 Å². The van der Waals surface area contributed by atoms with Crippen molar-refractivity contribution in [1.29, 1.82) is 0 Å². The van der Waals surface area contributed by atoms with Gasteiger partial charge in [-0.15, -0.1) is 0 Å². The molecule has 0 unspecified atom stereocenters. The monoisotopic (exact) mass is 465 g/mol. The molecule has 0 bridgehead atoms. The highest BCUT2D eigenvalue weighted by Crippen LogP contribution is 2.46. The molecule has 4 aromatic carbocycles. The number of aldehydes is 1. The minimum Gasteiger partial charge on any atom is -0.492 e. The molecule has 0 aromatic heterocycles. The SMILES string of the molecule is CCOc1c2c(c(OCc3ccccc3)c3ccccc13)C(=O)N(c1ccc(CC=O)cc1)C2=O. The summed E-state index contributed by atoms with van der Waals surface area (Å²) in [6.45, 7) is 2.42. The highest BCUT2D eigenvalue weighted by Gasteiger charge is 2.43. The fraction of sp³-hybridized carbons (Fsp3) is 0.138. The van der Waals surface area contributed by atoms with Crippen LogP contribution in [0.4, 0.5) is 5.69 Å². The number of amides is 2. The van der Waals surface area contributed by atoms with E-state index >= 15 is 0 Å². The summed E-state index contributed by atoms with van der Waals surface area (Å²) in [4.78, 5) is 39.4. The zero-order valence-electron chi connectivity index (χ0n) is 19.2. The first-order valence-corrected chi connectivity index (χ1v) is 11.4. The third-order valence-electron chi connectivity index (χ3n) is 5.98. The van der Waals surface area contributed by atoms with Crippen LogP contribution < -0.4 is 14.4 Å². The van der Waals surface area contributed by atoms with E-state index in [2.05, 4.69) is 0 Å². The summed E-state index contributed by atoms with van der Waals surface area (Å²) in [7, 11) is 0. The topological polar surface area (TPSA) is 72.9 Å². The Morgan fingerprint density at radius 2 is 1.29 bits per heavy atom. The van der Waals surface area contributed by atoms with Gasteiger partial charge < -0.3 is 14.3 Å². The fourth-order valence-electron chi connectivity index (χ4n) is 4.39. The lowest BCUT2D eigenvalue weighted by atomic mass is 9.99. The molecule has 0 atom stereocenters. The van der Waals surface area contributed by atoms with E-state index in [1.807, 2.05) is 61.5 Å². The van der Waals surface area contributed by atoms with Gasteiger partial charge in [-0.3, -0.25) is 9.59 Å². The normalized spacial score (nSPS) is 12.7. The van der Waals surface area contributed by atoms with Crippen molar-refractivity contribution in [1.82, 2.24) is 0 Å². The van der Waals surface area contributed by atoms with Crippen LogP contribution in [0.25, 0.3) is 10.8 Å². The number of carbonyl (C=O) groups excluding carboxylic acids is 3. The number of carbonyl (C=O) groups is 3. The Bertz CT molecular complexity index is 1430. The van der Waals surface area contributed by atoms with Gasteiger partial charge in [0.15, 0.2) is 0 Å². The Morgan fingerprint density at radius 1 is 0.714 bits per heavy atom. The molecule has 4 aromatic rings. The molecule has 0 saturated carbocycles. The quantitative estimate of drug-likeness (QED) is 0.259. The molecule has 6 nitrogen and oxygen atoms in total. The standard InChI is InChI=1S/C29H23NO5/c1-2-34-26-22-10-6-7-11-23(22)27(35-18-20-8-4-3-5-9-20)25-24(26)28(32)30(29(25)33)21-14-12-19(13-15-21)16-17-31/h3-15,17H,2,16,18H2,1H3. The molecule has 35 heavy (non-hydrogen) atoms. The number of ether oxygens (including phenoxy) is 2. The average Bonchev–Trinajstić information content (AvgIpc) is 3.15. The molecular weight excluding hydrogens is 442 g/mol. The predicted molar refractivity (Wildman–Crippen MR) is 133 cm³/mol. The van der Waals surface area contributed by atoms with Crippen molar-refractivity contribution in [3.8, 4) is 11.5 Å². The third-order valence-corrected chi connectivity index (χ3v) is 5.98. The maximum atomic E-state index is 13.8. The van der Waals surface area contributed by atoms with Crippen molar-refractivity contribution < 1.29 is 23.9 Å². The van der Waals surface area contributed by atoms with Gasteiger partial charge in [0.05, 0.1) is 23.4 Å². The van der Waals surface area contributed by atoms with Gasteiger partial charge >= 0.3 is 0 Å². The van der Waals surface area contributed by atoms with Crippen LogP contribution >= 0.6 is 0 Å². The number of fused-ring (bicyclic) bond motifs is 2. The summed E-state index contributed by atoms with van der Waals surface area (Å²) in [6, 6.07) is 23.9. The molecule has 0 saturated heterocycles. The lowest BCUT2D eigenvalue weighted by molar-refractivity contribution is -0.107. The number of nitrogens with zero attached hydrogens (tertiary/aromatic N) is 1. The summed E-state index contributed by atoms with van der Waals surface area (Å²) in [5.41, 5.74) is 2.57. The third kappa shape index (κ3) is 3.93. The van der Waals surface area contributed by atoms with E-state index in [0.717, 1.165) is 22.3 Å². The highest BCUT2D eigenvalue weighted by molar-refractivity contribution is 6.38. The van der Waals surface area contributed by atoms with Crippen LogP contribution in [0.15, 0.2) is 78.9 Å². The van der Waals surface area contributed by atoms with Crippen molar-refractivity contribution in [2.75, 3.05) is 11.5 Å². The van der Waals surface area contributed by atoms with Gasteiger partial charge in [-0.1, -0.05) is 66.7 Å². The van der Waals surface area contributed by atoms with Crippen molar-refractivity contribution >= 4 is 34.6 Å². The fourth-order valence-corrected chi connectivity index (χ4v) is 4.39. The number of hydrogen-bond acceptors (Lipinski definition) is 5. The minimum absolute atomic E-state index is 0.199. The summed E-state index contributed by atoms with van der Waals surface area (Å²) in [5, 5.41) is 1.41. The lowest BCUT2D eigenvalue weighted by Gasteiger charge is -2.16. The van der Waals surface area contributed by atoms with Crippen LogP contribution in [0.3, 0.4) is 0 Å². The van der Waals surface area contributed by atoms with Gasteiger partial charge in [-0.2, -0.15) is 0 Å². The summed E-state index contributed by atoms with van der Waals surface area (Å²) in [6.07, 6.45) is 1.08. The molecule has 1 heterocycles. The second kappa shape index (κ2) is 9.43. The molecule has 6 heteroatoms. The van der Waals surface area contributed by atoms with Gasteiger partial charge in [-0.05, 0) is 30.2 Å². The Hall–Kier alpha value is -4.45. The Kier molecular flexibility index (Phi) is 6.02. The lowest BCUT2D eigenvalue weighted by Crippen LogP contribution is -2.29. The van der Waals surface area contributed by atoms with Crippen LogP contribution in [0.2, 0.25) is 0 Å². The molecule has 0 radical (unpaired) electrons. The molecule has 5 rings (SSSR count). The summed E-state index contributed by atoms with van der Waals surface area (Å²) >= 11 is 0. The molecule has 174 valence electrons. The van der Waals surface area contributed by atoms with Gasteiger partial charge in [0, 0.05) is 17.2 Å². The molecule has 1 aliphatic heterocycles. The highest BCUT2D eigenvalue weighted by atomic mass is 16.5. The number of rotatable bonds is 8. The van der Waals surface area contributed by atoms with Crippen LogP contribution in [0.1, 0.15) is 38.8 Å². The van der Waals surface area contributed by atoms with Crippen LogP contribution in [-0.2, 0) is 17.8 Å².